The number of aromatic hydroxyl groups is 1. The quantitative estimate of drug-likeness (QED) is 0.749. The second kappa shape index (κ2) is 5.87. The molecule has 2 rings (SSSR count). The predicted octanol–water partition coefficient (Wildman–Crippen LogP) is 1.18. The minimum absolute atomic E-state index is 0.0971. The number of hydrogen-bond donors (Lipinski definition) is 3. The zero-order chi connectivity index (χ0) is 13.0. The summed E-state index contributed by atoms with van der Waals surface area (Å²) in [6.45, 7) is 0.634. The van der Waals surface area contributed by atoms with E-state index in [0.717, 1.165) is 31.2 Å². The van der Waals surface area contributed by atoms with E-state index in [0.29, 0.717) is 6.54 Å². The van der Waals surface area contributed by atoms with Gasteiger partial charge in [-0.3, -0.25) is 4.79 Å². The molecule has 4 heteroatoms. The first-order valence-electron chi connectivity index (χ1n) is 6.46. The second-order valence-corrected chi connectivity index (χ2v) is 4.98. The van der Waals surface area contributed by atoms with Crippen LogP contribution in [-0.4, -0.2) is 23.6 Å². The molecule has 1 saturated carbocycles. The first-order chi connectivity index (χ1) is 8.65. The van der Waals surface area contributed by atoms with Crippen LogP contribution in [0.2, 0.25) is 0 Å². The van der Waals surface area contributed by atoms with E-state index in [2.05, 4.69) is 5.32 Å². The molecule has 0 heterocycles. The minimum atomic E-state index is 0.0971. The van der Waals surface area contributed by atoms with Crippen molar-refractivity contribution < 1.29 is 9.90 Å². The number of carbonyl (C=O) groups excluding carboxylic acids is 1. The van der Waals surface area contributed by atoms with E-state index in [1.54, 1.807) is 12.1 Å². The topological polar surface area (TPSA) is 75.4 Å². The SMILES string of the molecule is NC1CCC(C(=O)NCCc2ccc(O)cc2)C1. The average molecular weight is 248 g/mol. The Hall–Kier alpha value is -1.55. The molecule has 4 N–H and O–H groups in total. The van der Waals surface area contributed by atoms with Gasteiger partial charge in [0.15, 0.2) is 0 Å². The highest BCUT2D eigenvalue weighted by Gasteiger charge is 2.27. The van der Waals surface area contributed by atoms with Crippen LogP contribution in [0.15, 0.2) is 24.3 Å². The van der Waals surface area contributed by atoms with Gasteiger partial charge in [-0.25, -0.2) is 0 Å². The molecule has 4 nitrogen and oxygen atoms in total. The van der Waals surface area contributed by atoms with Gasteiger partial charge in [0.05, 0.1) is 0 Å². The van der Waals surface area contributed by atoms with Crippen LogP contribution >= 0.6 is 0 Å². The Bertz CT molecular complexity index is 403. The third-order valence-corrected chi connectivity index (χ3v) is 3.49. The molecule has 0 radical (unpaired) electrons. The molecule has 0 bridgehead atoms. The number of rotatable bonds is 4. The van der Waals surface area contributed by atoms with Crippen LogP contribution in [0.1, 0.15) is 24.8 Å². The number of phenols is 1. The number of benzene rings is 1. The van der Waals surface area contributed by atoms with Gasteiger partial charge in [-0.2, -0.15) is 0 Å². The average Bonchev–Trinajstić information content (AvgIpc) is 2.78. The summed E-state index contributed by atoms with van der Waals surface area (Å²) in [4.78, 5) is 11.8. The van der Waals surface area contributed by atoms with Gasteiger partial charge in [-0.05, 0) is 43.4 Å². The second-order valence-electron chi connectivity index (χ2n) is 4.98. The van der Waals surface area contributed by atoms with Gasteiger partial charge in [-0.15, -0.1) is 0 Å². The molecule has 1 fully saturated rings. The summed E-state index contributed by atoms with van der Waals surface area (Å²) in [6, 6.07) is 7.25. The standard InChI is InChI=1S/C14H20N2O2/c15-12-4-3-11(9-12)14(18)16-8-7-10-1-5-13(17)6-2-10/h1-2,5-6,11-12,17H,3-4,7-9,15H2,(H,16,18). The summed E-state index contributed by atoms with van der Waals surface area (Å²) in [6.07, 6.45) is 3.46. The van der Waals surface area contributed by atoms with Gasteiger partial charge in [0.25, 0.3) is 0 Å². The van der Waals surface area contributed by atoms with Crippen molar-refractivity contribution in [2.75, 3.05) is 6.54 Å². The number of nitrogens with two attached hydrogens (primary N) is 1. The lowest BCUT2D eigenvalue weighted by molar-refractivity contribution is -0.124. The lowest BCUT2D eigenvalue weighted by Crippen LogP contribution is -2.31. The molecule has 0 spiro atoms. The summed E-state index contributed by atoms with van der Waals surface area (Å²) >= 11 is 0. The zero-order valence-electron chi connectivity index (χ0n) is 10.4. The van der Waals surface area contributed by atoms with E-state index in [9.17, 15) is 4.79 Å². The van der Waals surface area contributed by atoms with Crippen LogP contribution in [0.25, 0.3) is 0 Å². The van der Waals surface area contributed by atoms with Gasteiger partial charge in [-0.1, -0.05) is 12.1 Å². The van der Waals surface area contributed by atoms with E-state index >= 15 is 0 Å². The molecule has 2 unspecified atom stereocenters. The van der Waals surface area contributed by atoms with Crippen molar-refractivity contribution in [1.29, 1.82) is 0 Å². The van der Waals surface area contributed by atoms with Crippen molar-refractivity contribution >= 4 is 5.91 Å². The van der Waals surface area contributed by atoms with Crippen LogP contribution in [-0.2, 0) is 11.2 Å². The Morgan fingerprint density at radius 3 is 2.67 bits per heavy atom. The van der Waals surface area contributed by atoms with Crippen LogP contribution in [0.4, 0.5) is 0 Å². The van der Waals surface area contributed by atoms with Gasteiger partial charge in [0, 0.05) is 18.5 Å². The highest BCUT2D eigenvalue weighted by molar-refractivity contribution is 5.79. The van der Waals surface area contributed by atoms with Gasteiger partial charge < -0.3 is 16.2 Å². The van der Waals surface area contributed by atoms with Crippen molar-refractivity contribution in [1.82, 2.24) is 5.32 Å². The van der Waals surface area contributed by atoms with E-state index in [-0.39, 0.29) is 23.6 Å². The zero-order valence-corrected chi connectivity index (χ0v) is 10.4. The maximum Gasteiger partial charge on any atom is 0.223 e. The highest BCUT2D eigenvalue weighted by atomic mass is 16.3. The van der Waals surface area contributed by atoms with E-state index in [4.69, 9.17) is 10.8 Å². The fraction of sp³-hybridized carbons (Fsp3) is 0.500. The molecule has 1 aliphatic rings. The fourth-order valence-corrected chi connectivity index (χ4v) is 2.39. The third kappa shape index (κ3) is 3.47. The summed E-state index contributed by atoms with van der Waals surface area (Å²) in [5.74, 6) is 0.490. The van der Waals surface area contributed by atoms with Crippen molar-refractivity contribution in [3.05, 3.63) is 29.8 Å². The molecule has 0 saturated heterocycles. The van der Waals surface area contributed by atoms with Gasteiger partial charge in [0.1, 0.15) is 5.75 Å². The Labute approximate surface area is 107 Å². The number of amides is 1. The molecule has 1 aromatic rings. The van der Waals surface area contributed by atoms with Crippen molar-refractivity contribution in [3.8, 4) is 5.75 Å². The monoisotopic (exact) mass is 248 g/mol. The molecular weight excluding hydrogens is 228 g/mol. The Balaban J connectivity index is 1.72. The molecule has 18 heavy (non-hydrogen) atoms. The van der Waals surface area contributed by atoms with Crippen molar-refractivity contribution in [3.63, 3.8) is 0 Å². The number of carbonyl (C=O) groups is 1. The normalized spacial score (nSPS) is 22.9. The first kappa shape index (κ1) is 12.9. The minimum Gasteiger partial charge on any atom is -0.508 e. The lowest BCUT2D eigenvalue weighted by atomic mass is 10.1. The molecule has 1 aromatic carbocycles. The third-order valence-electron chi connectivity index (χ3n) is 3.49. The Morgan fingerprint density at radius 2 is 2.06 bits per heavy atom. The maximum absolute atomic E-state index is 11.8. The molecule has 0 aliphatic heterocycles. The molecule has 1 amide bonds. The number of hydrogen-bond acceptors (Lipinski definition) is 3. The van der Waals surface area contributed by atoms with Crippen LogP contribution in [0.5, 0.6) is 5.75 Å². The number of phenolic OH excluding ortho intramolecular Hbond substituents is 1. The number of nitrogens with one attached hydrogen (secondary N) is 1. The molecular formula is C14H20N2O2. The van der Waals surface area contributed by atoms with Gasteiger partial charge >= 0.3 is 0 Å². The van der Waals surface area contributed by atoms with Crippen LogP contribution in [0.3, 0.4) is 0 Å². The summed E-state index contributed by atoms with van der Waals surface area (Å²) in [5.41, 5.74) is 6.90. The highest BCUT2D eigenvalue weighted by Crippen LogP contribution is 2.23. The summed E-state index contributed by atoms with van der Waals surface area (Å²) in [5, 5.41) is 12.1. The van der Waals surface area contributed by atoms with Crippen molar-refractivity contribution in [2.24, 2.45) is 11.7 Å². The summed E-state index contributed by atoms with van der Waals surface area (Å²) < 4.78 is 0. The van der Waals surface area contributed by atoms with Crippen LogP contribution < -0.4 is 11.1 Å². The Kier molecular flexibility index (Phi) is 4.20. The fourth-order valence-electron chi connectivity index (χ4n) is 2.39. The lowest BCUT2D eigenvalue weighted by Gasteiger charge is -2.10. The van der Waals surface area contributed by atoms with E-state index in [1.807, 2.05) is 12.1 Å². The summed E-state index contributed by atoms with van der Waals surface area (Å²) in [7, 11) is 0. The van der Waals surface area contributed by atoms with E-state index < -0.39 is 0 Å². The predicted molar refractivity (Wildman–Crippen MR) is 70.1 cm³/mol. The maximum atomic E-state index is 11.8. The first-order valence-corrected chi connectivity index (χ1v) is 6.46. The van der Waals surface area contributed by atoms with E-state index in [1.165, 1.54) is 0 Å². The van der Waals surface area contributed by atoms with Crippen molar-refractivity contribution in [2.45, 2.75) is 31.7 Å². The Morgan fingerprint density at radius 1 is 1.33 bits per heavy atom. The largest absolute Gasteiger partial charge is 0.508 e. The molecule has 98 valence electrons. The molecule has 2 atom stereocenters. The van der Waals surface area contributed by atoms with Gasteiger partial charge in [0.2, 0.25) is 5.91 Å². The van der Waals surface area contributed by atoms with Crippen LogP contribution in [0, 0.1) is 5.92 Å². The molecule has 1 aliphatic carbocycles. The molecule has 0 aromatic heterocycles. The smallest absolute Gasteiger partial charge is 0.223 e.